The van der Waals surface area contributed by atoms with Crippen LogP contribution in [0, 0.1) is 6.92 Å². The number of fused-ring (bicyclic) bond motifs is 1. The molecule has 3 aromatic rings. The maximum Gasteiger partial charge on any atom is 0.267 e. The molecule has 0 radical (unpaired) electrons. The van der Waals surface area contributed by atoms with Gasteiger partial charge < -0.3 is 9.15 Å². The van der Waals surface area contributed by atoms with Gasteiger partial charge in [-0.3, -0.25) is 4.79 Å². The van der Waals surface area contributed by atoms with Gasteiger partial charge in [-0.15, -0.1) is 10.2 Å². The van der Waals surface area contributed by atoms with Crippen LogP contribution in [0.1, 0.15) is 22.7 Å². The highest BCUT2D eigenvalue weighted by atomic mass is 16.5. The first-order valence-corrected chi connectivity index (χ1v) is 7.76. The van der Waals surface area contributed by atoms with E-state index in [1.165, 1.54) is 4.68 Å². The fourth-order valence-electron chi connectivity index (χ4n) is 2.62. The van der Waals surface area contributed by atoms with Crippen molar-refractivity contribution in [2.24, 2.45) is 0 Å². The van der Waals surface area contributed by atoms with E-state index in [1.807, 2.05) is 31.2 Å². The second-order valence-corrected chi connectivity index (χ2v) is 5.78. The number of rotatable bonds is 3. The predicted molar refractivity (Wildman–Crippen MR) is 85.4 cm³/mol. The van der Waals surface area contributed by atoms with Gasteiger partial charge in [0.2, 0.25) is 11.8 Å². The van der Waals surface area contributed by atoms with Crippen LogP contribution < -0.4 is 5.56 Å². The number of aryl methyl sites for hydroxylation is 1. The van der Waals surface area contributed by atoms with Crippen LogP contribution in [0.25, 0.3) is 11.5 Å². The van der Waals surface area contributed by atoms with E-state index in [2.05, 4.69) is 15.3 Å². The molecule has 0 saturated heterocycles. The molecule has 0 saturated carbocycles. The fourth-order valence-corrected chi connectivity index (χ4v) is 2.62. The van der Waals surface area contributed by atoms with Crippen LogP contribution in [0.3, 0.4) is 0 Å². The fraction of sp³-hybridized carbons (Fsp3) is 0.294. The minimum absolute atomic E-state index is 0.159. The number of benzene rings is 1. The zero-order valence-corrected chi connectivity index (χ0v) is 13.2. The van der Waals surface area contributed by atoms with E-state index in [9.17, 15) is 4.79 Å². The summed E-state index contributed by atoms with van der Waals surface area (Å²) in [6.07, 6.45) is 0.702. The van der Waals surface area contributed by atoms with Gasteiger partial charge >= 0.3 is 0 Å². The zero-order chi connectivity index (χ0) is 16.5. The maximum atomic E-state index is 12.2. The van der Waals surface area contributed by atoms with Crippen LogP contribution in [0.15, 0.2) is 39.5 Å². The van der Waals surface area contributed by atoms with Gasteiger partial charge in [0.05, 0.1) is 18.9 Å². The second-order valence-electron chi connectivity index (χ2n) is 5.78. The number of hydrogen-bond acceptors (Lipinski definition) is 6. The lowest BCUT2D eigenvalue weighted by Gasteiger charge is -2.15. The molecule has 0 fully saturated rings. The Morgan fingerprint density at radius 1 is 1.21 bits per heavy atom. The Bertz CT molecular complexity index is 928. The molecular formula is C17H16N4O3. The summed E-state index contributed by atoms with van der Waals surface area (Å²) in [5, 5.41) is 12.5. The Kier molecular flexibility index (Phi) is 3.70. The van der Waals surface area contributed by atoms with Crippen LogP contribution in [0.4, 0.5) is 0 Å². The van der Waals surface area contributed by atoms with Crippen molar-refractivity contribution in [3.63, 3.8) is 0 Å². The van der Waals surface area contributed by atoms with Crippen molar-refractivity contribution < 1.29 is 9.15 Å². The van der Waals surface area contributed by atoms with Crippen molar-refractivity contribution in [3.05, 3.63) is 63.4 Å². The summed E-state index contributed by atoms with van der Waals surface area (Å²) < 4.78 is 12.4. The summed E-state index contributed by atoms with van der Waals surface area (Å²) in [6, 6.07) is 9.39. The molecular weight excluding hydrogens is 308 g/mol. The quantitative estimate of drug-likeness (QED) is 0.729. The van der Waals surface area contributed by atoms with Gasteiger partial charge in [-0.05, 0) is 19.1 Å². The van der Waals surface area contributed by atoms with Crippen LogP contribution in [-0.2, 0) is 24.3 Å². The van der Waals surface area contributed by atoms with Crippen molar-refractivity contribution in [2.45, 2.75) is 26.5 Å². The first kappa shape index (κ1) is 14.8. The first-order valence-electron chi connectivity index (χ1n) is 7.76. The largest absolute Gasteiger partial charge is 0.419 e. The summed E-state index contributed by atoms with van der Waals surface area (Å²) in [6.45, 7) is 3.24. The van der Waals surface area contributed by atoms with E-state index >= 15 is 0 Å². The molecule has 4 rings (SSSR count). The highest BCUT2D eigenvalue weighted by molar-refractivity contribution is 5.52. The molecule has 1 aliphatic rings. The van der Waals surface area contributed by atoms with E-state index in [0.29, 0.717) is 31.4 Å². The molecule has 1 aromatic carbocycles. The zero-order valence-electron chi connectivity index (χ0n) is 13.2. The van der Waals surface area contributed by atoms with E-state index in [4.69, 9.17) is 9.15 Å². The van der Waals surface area contributed by atoms with Crippen LogP contribution >= 0.6 is 0 Å². The average Bonchev–Trinajstić information content (AvgIpc) is 3.05. The number of nitrogens with zero attached hydrogens (tertiary/aromatic N) is 4. The number of ether oxygens (including phenoxy) is 1. The van der Waals surface area contributed by atoms with Gasteiger partial charge in [0, 0.05) is 23.6 Å². The van der Waals surface area contributed by atoms with E-state index in [1.54, 1.807) is 6.07 Å². The highest BCUT2D eigenvalue weighted by Crippen LogP contribution is 2.18. The molecule has 0 bridgehead atoms. The summed E-state index contributed by atoms with van der Waals surface area (Å²) in [5.74, 6) is 0.789. The van der Waals surface area contributed by atoms with Crippen molar-refractivity contribution in [1.29, 1.82) is 0 Å². The molecule has 0 amide bonds. The van der Waals surface area contributed by atoms with Crippen molar-refractivity contribution in [3.8, 4) is 11.5 Å². The Labute approximate surface area is 137 Å². The Balaban J connectivity index is 1.60. The topological polar surface area (TPSA) is 83.0 Å². The third-order valence-corrected chi connectivity index (χ3v) is 3.96. The lowest BCUT2D eigenvalue weighted by Crippen LogP contribution is -2.28. The highest BCUT2D eigenvalue weighted by Gasteiger charge is 2.15. The molecule has 0 N–H and O–H groups in total. The minimum Gasteiger partial charge on any atom is -0.419 e. The first-order chi connectivity index (χ1) is 11.7. The monoisotopic (exact) mass is 324 g/mol. The molecule has 24 heavy (non-hydrogen) atoms. The van der Waals surface area contributed by atoms with Gasteiger partial charge in [0.15, 0.2) is 0 Å². The van der Waals surface area contributed by atoms with Crippen molar-refractivity contribution >= 4 is 0 Å². The molecule has 2 aromatic heterocycles. The van der Waals surface area contributed by atoms with Crippen LogP contribution in [0.5, 0.6) is 0 Å². The Hall–Kier alpha value is -2.80. The molecule has 7 heteroatoms. The molecule has 0 aliphatic carbocycles. The molecule has 0 spiro atoms. The normalized spacial score (nSPS) is 13.7. The van der Waals surface area contributed by atoms with E-state index in [-0.39, 0.29) is 12.1 Å². The average molecular weight is 324 g/mol. The number of aromatic nitrogens is 4. The molecule has 122 valence electrons. The van der Waals surface area contributed by atoms with Crippen LogP contribution in [-0.4, -0.2) is 26.6 Å². The van der Waals surface area contributed by atoms with Gasteiger partial charge in [0.1, 0.15) is 6.54 Å². The van der Waals surface area contributed by atoms with Gasteiger partial charge in [-0.1, -0.05) is 17.7 Å². The Morgan fingerprint density at radius 2 is 2.04 bits per heavy atom. The molecule has 1 aliphatic heterocycles. The third kappa shape index (κ3) is 2.85. The molecule has 0 unspecified atom stereocenters. The molecule has 3 heterocycles. The summed E-state index contributed by atoms with van der Waals surface area (Å²) >= 11 is 0. The summed E-state index contributed by atoms with van der Waals surface area (Å²) in [5.41, 5.74) is 3.55. The summed E-state index contributed by atoms with van der Waals surface area (Å²) in [7, 11) is 0. The van der Waals surface area contributed by atoms with Crippen molar-refractivity contribution in [2.75, 3.05) is 6.61 Å². The Morgan fingerprint density at radius 3 is 2.88 bits per heavy atom. The molecule has 7 nitrogen and oxygen atoms in total. The second kappa shape index (κ2) is 6.01. The minimum atomic E-state index is -0.200. The van der Waals surface area contributed by atoms with Crippen molar-refractivity contribution in [1.82, 2.24) is 20.0 Å². The number of hydrogen-bond donors (Lipinski definition) is 0. The SMILES string of the molecule is Cc1ccc(-c2nnc(Cn3nc4c(cc3=O)COCC4)o2)cc1. The van der Waals surface area contributed by atoms with E-state index < -0.39 is 0 Å². The lowest BCUT2D eigenvalue weighted by molar-refractivity contribution is 0.108. The van der Waals surface area contributed by atoms with Gasteiger partial charge in [-0.2, -0.15) is 5.10 Å². The maximum absolute atomic E-state index is 12.2. The smallest absolute Gasteiger partial charge is 0.267 e. The third-order valence-electron chi connectivity index (χ3n) is 3.96. The lowest BCUT2D eigenvalue weighted by atomic mass is 10.1. The van der Waals surface area contributed by atoms with Gasteiger partial charge in [0.25, 0.3) is 5.56 Å². The van der Waals surface area contributed by atoms with Gasteiger partial charge in [-0.25, -0.2) is 4.68 Å². The predicted octanol–water partition coefficient (Wildman–Crippen LogP) is 1.72. The molecule has 0 atom stereocenters. The standard InChI is InChI=1S/C17H16N4O3/c1-11-2-4-12(5-3-11)17-19-18-15(24-17)9-21-16(22)8-13-10-23-7-6-14(13)20-21/h2-5,8H,6-7,9-10H2,1H3. The summed E-state index contributed by atoms with van der Waals surface area (Å²) in [4.78, 5) is 12.2. The van der Waals surface area contributed by atoms with E-state index in [0.717, 1.165) is 22.4 Å². The van der Waals surface area contributed by atoms with Crippen LogP contribution in [0.2, 0.25) is 0 Å².